The van der Waals surface area contributed by atoms with Gasteiger partial charge in [-0.3, -0.25) is 0 Å². The number of aromatic carboxylic acids is 1. The molecule has 0 saturated heterocycles. The minimum atomic E-state index is -1.03. The number of carboxylic acids is 1. The molecule has 6 nitrogen and oxygen atoms in total. The Balaban J connectivity index is 2.44. The predicted octanol–water partition coefficient (Wildman–Crippen LogP) is 2.21. The lowest BCUT2D eigenvalue weighted by Gasteiger charge is -2.34. The zero-order valence-corrected chi connectivity index (χ0v) is 13.1. The van der Waals surface area contributed by atoms with E-state index in [1.807, 2.05) is 20.8 Å². The van der Waals surface area contributed by atoms with Gasteiger partial charge in [0.05, 0.1) is 5.01 Å². The Morgan fingerprint density at radius 1 is 1.50 bits per heavy atom. The highest BCUT2D eigenvalue weighted by molar-refractivity contribution is 7.09. The summed E-state index contributed by atoms with van der Waals surface area (Å²) < 4.78 is 0. The summed E-state index contributed by atoms with van der Waals surface area (Å²) in [6, 6.07) is -0.133. The molecule has 0 aliphatic carbocycles. The Bertz CT molecular complexity index is 485. The number of hydrogen-bond donors (Lipinski definition) is 2. The summed E-state index contributed by atoms with van der Waals surface area (Å²) in [6.07, 6.45) is 1.40. The summed E-state index contributed by atoms with van der Waals surface area (Å²) >= 11 is 1.29. The van der Waals surface area contributed by atoms with Crippen molar-refractivity contribution in [3.05, 3.63) is 16.1 Å². The van der Waals surface area contributed by atoms with Crippen molar-refractivity contribution in [1.29, 1.82) is 0 Å². The molecular formula is C13H21N3O3S. The molecule has 1 rings (SSSR count). The zero-order chi connectivity index (χ0) is 15.3. The van der Waals surface area contributed by atoms with E-state index in [1.54, 1.807) is 11.9 Å². The first-order chi connectivity index (χ1) is 9.27. The molecule has 0 aliphatic rings. The van der Waals surface area contributed by atoms with Crippen LogP contribution in [0.25, 0.3) is 0 Å². The standard InChI is InChI=1S/C13H21N3O3S/c1-5-13(2,3)16(4)12(19)14-7-6-10-15-9(8-20-10)11(17)18/h8H,5-7H2,1-4H3,(H,14,19)(H,17,18). The Morgan fingerprint density at radius 3 is 2.65 bits per heavy atom. The van der Waals surface area contributed by atoms with E-state index < -0.39 is 5.97 Å². The largest absolute Gasteiger partial charge is 0.476 e. The van der Waals surface area contributed by atoms with E-state index in [9.17, 15) is 9.59 Å². The number of thiazole rings is 1. The van der Waals surface area contributed by atoms with Gasteiger partial charge in [0.25, 0.3) is 0 Å². The molecule has 0 atom stereocenters. The molecule has 20 heavy (non-hydrogen) atoms. The van der Waals surface area contributed by atoms with Crippen LogP contribution in [0.1, 0.15) is 42.7 Å². The molecular weight excluding hydrogens is 278 g/mol. The molecule has 7 heteroatoms. The lowest BCUT2D eigenvalue weighted by Crippen LogP contribution is -2.49. The van der Waals surface area contributed by atoms with Crippen molar-refractivity contribution in [3.8, 4) is 0 Å². The molecule has 0 unspecified atom stereocenters. The van der Waals surface area contributed by atoms with Crippen molar-refractivity contribution in [2.75, 3.05) is 13.6 Å². The van der Waals surface area contributed by atoms with Gasteiger partial charge >= 0.3 is 12.0 Å². The van der Waals surface area contributed by atoms with Crippen LogP contribution in [0.15, 0.2) is 5.38 Å². The van der Waals surface area contributed by atoms with Crippen molar-refractivity contribution in [3.63, 3.8) is 0 Å². The van der Waals surface area contributed by atoms with E-state index in [4.69, 9.17) is 5.11 Å². The molecule has 0 aromatic carbocycles. The van der Waals surface area contributed by atoms with E-state index in [-0.39, 0.29) is 17.3 Å². The number of carbonyl (C=O) groups excluding carboxylic acids is 1. The van der Waals surface area contributed by atoms with Crippen molar-refractivity contribution in [1.82, 2.24) is 15.2 Å². The number of aromatic nitrogens is 1. The average Bonchev–Trinajstić information content (AvgIpc) is 2.86. The highest BCUT2D eigenvalue weighted by atomic mass is 32.1. The van der Waals surface area contributed by atoms with Crippen LogP contribution >= 0.6 is 11.3 Å². The number of carboxylic acid groups (broad SMARTS) is 1. The first kappa shape index (κ1) is 16.4. The van der Waals surface area contributed by atoms with E-state index >= 15 is 0 Å². The lowest BCUT2D eigenvalue weighted by molar-refractivity contribution is 0.0691. The summed E-state index contributed by atoms with van der Waals surface area (Å²) in [5, 5.41) is 13.8. The van der Waals surface area contributed by atoms with Crippen LogP contribution in [0.4, 0.5) is 4.79 Å². The Kier molecular flexibility index (Phi) is 5.50. The molecule has 112 valence electrons. The molecule has 0 fully saturated rings. The Morgan fingerprint density at radius 2 is 2.15 bits per heavy atom. The summed E-state index contributed by atoms with van der Waals surface area (Å²) in [5.41, 5.74) is -0.137. The quantitative estimate of drug-likeness (QED) is 0.843. The van der Waals surface area contributed by atoms with E-state index in [0.29, 0.717) is 18.0 Å². The van der Waals surface area contributed by atoms with Crippen LogP contribution in [-0.4, -0.2) is 46.1 Å². The molecule has 2 N–H and O–H groups in total. The zero-order valence-electron chi connectivity index (χ0n) is 12.3. The third kappa shape index (κ3) is 4.19. The molecule has 2 amide bonds. The third-order valence-electron chi connectivity index (χ3n) is 3.46. The summed E-state index contributed by atoms with van der Waals surface area (Å²) in [6.45, 7) is 6.49. The van der Waals surface area contributed by atoms with Crippen LogP contribution in [0.2, 0.25) is 0 Å². The molecule has 0 radical (unpaired) electrons. The molecule has 0 spiro atoms. The first-order valence-electron chi connectivity index (χ1n) is 6.47. The topological polar surface area (TPSA) is 82.5 Å². The number of carbonyl (C=O) groups is 2. The highest BCUT2D eigenvalue weighted by Crippen LogP contribution is 2.16. The number of urea groups is 1. The normalized spacial score (nSPS) is 11.2. The summed E-state index contributed by atoms with van der Waals surface area (Å²) in [7, 11) is 1.77. The van der Waals surface area contributed by atoms with Crippen LogP contribution in [0.5, 0.6) is 0 Å². The van der Waals surface area contributed by atoms with Gasteiger partial charge in [0.2, 0.25) is 0 Å². The fourth-order valence-electron chi connectivity index (χ4n) is 1.43. The fourth-order valence-corrected chi connectivity index (χ4v) is 2.20. The lowest BCUT2D eigenvalue weighted by atomic mass is 10.0. The van der Waals surface area contributed by atoms with Crippen LogP contribution in [0, 0.1) is 0 Å². The Hall–Kier alpha value is -1.63. The van der Waals surface area contributed by atoms with Gasteiger partial charge < -0.3 is 15.3 Å². The summed E-state index contributed by atoms with van der Waals surface area (Å²) in [5.74, 6) is -1.03. The van der Waals surface area contributed by atoms with Gasteiger partial charge in [-0.15, -0.1) is 11.3 Å². The number of amides is 2. The SMILES string of the molecule is CCC(C)(C)N(C)C(=O)NCCc1nc(C(=O)O)cs1. The van der Waals surface area contributed by atoms with Crippen molar-refractivity contribution in [2.45, 2.75) is 39.2 Å². The molecule has 1 aromatic rings. The first-order valence-corrected chi connectivity index (χ1v) is 7.35. The Labute approximate surface area is 122 Å². The molecule has 0 bridgehead atoms. The van der Waals surface area contributed by atoms with Gasteiger partial charge in [-0.05, 0) is 20.3 Å². The average molecular weight is 299 g/mol. The van der Waals surface area contributed by atoms with Crippen molar-refractivity contribution >= 4 is 23.3 Å². The molecule has 0 aliphatic heterocycles. The molecule has 1 aromatic heterocycles. The van der Waals surface area contributed by atoms with Gasteiger partial charge in [-0.25, -0.2) is 14.6 Å². The number of nitrogens with zero attached hydrogens (tertiary/aromatic N) is 2. The smallest absolute Gasteiger partial charge is 0.355 e. The molecule has 0 saturated carbocycles. The van der Waals surface area contributed by atoms with Crippen molar-refractivity contribution in [2.24, 2.45) is 0 Å². The minimum Gasteiger partial charge on any atom is -0.476 e. The minimum absolute atomic E-state index is 0.0561. The maximum atomic E-state index is 12.0. The number of nitrogens with one attached hydrogen (secondary N) is 1. The van der Waals surface area contributed by atoms with Gasteiger partial charge in [-0.1, -0.05) is 6.92 Å². The van der Waals surface area contributed by atoms with E-state index in [0.717, 1.165) is 6.42 Å². The van der Waals surface area contributed by atoms with Gasteiger partial charge in [0.1, 0.15) is 0 Å². The van der Waals surface area contributed by atoms with Crippen LogP contribution < -0.4 is 5.32 Å². The fraction of sp³-hybridized carbons (Fsp3) is 0.615. The van der Waals surface area contributed by atoms with Gasteiger partial charge in [0.15, 0.2) is 5.69 Å². The second kappa shape index (κ2) is 6.69. The maximum Gasteiger partial charge on any atom is 0.355 e. The van der Waals surface area contributed by atoms with Gasteiger partial charge in [-0.2, -0.15) is 0 Å². The predicted molar refractivity (Wildman–Crippen MR) is 78.3 cm³/mol. The van der Waals surface area contributed by atoms with Crippen LogP contribution in [-0.2, 0) is 6.42 Å². The number of hydrogen-bond acceptors (Lipinski definition) is 4. The third-order valence-corrected chi connectivity index (χ3v) is 4.37. The second-order valence-electron chi connectivity index (χ2n) is 5.14. The van der Waals surface area contributed by atoms with Crippen molar-refractivity contribution < 1.29 is 14.7 Å². The maximum absolute atomic E-state index is 12.0. The van der Waals surface area contributed by atoms with Crippen LogP contribution in [0.3, 0.4) is 0 Å². The van der Waals surface area contributed by atoms with E-state index in [1.165, 1.54) is 16.7 Å². The molecule has 1 heterocycles. The monoisotopic (exact) mass is 299 g/mol. The summed E-state index contributed by atoms with van der Waals surface area (Å²) in [4.78, 5) is 28.3. The van der Waals surface area contributed by atoms with Gasteiger partial charge in [0, 0.05) is 30.9 Å². The number of rotatable bonds is 6. The van der Waals surface area contributed by atoms with E-state index in [2.05, 4.69) is 10.3 Å². The second-order valence-corrected chi connectivity index (χ2v) is 6.08. The highest BCUT2D eigenvalue weighted by Gasteiger charge is 2.25.